The van der Waals surface area contributed by atoms with Crippen LogP contribution in [0.3, 0.4) is 0 Å². The second kappa shape index (κ2) is 4.00. The molecule has 1 aromatic rings. The number of rotatable bonds is 3. The predicted molar refractivity (Wildman–Crippen MR) is 35.5 cm³/mol. The van der Waals surface area contributed by atoms with Crippen LogP contribution in [0.1, 0.15) is 5.56 Å². The lowest BCUT2D eigenvalue weighted by atomic mass is 10.2. The van der Waals surface area contributed by atoms with Crippen LogP contribution in [0.15, 0.2) is 30.3 Å². The van der Waals surface area contributed by atoms with E-state index in [1.54, 1.807) is 0 Å². The second-order valence-corrected chi connectivity index (χ2v) is 1.84. The molecule has 0 amide bonds. The van der Waals surface area contributed by atoms with Crippen molar-refractivity contribution in [2.75, 3.05) is 0 Å². The van der Waals surface area contributed by atoms with Gasteiger partial charge in [-0.2, -0.15) is 0 Å². The maximum Gasteiger partial charge on any atom is 0.449 e. The summed E-state index contributed by atoms with van der Waals surface area (Å²) in [4.78, 5) is 4.40. The SMILES string of the molecule is [N][N+]OCc1ccccc1. The highest BCUT2D eigenvalue weighted by Gasteiger charge is 2.00. The van der Waals surface area contributed by atoms with Gasteiger partial charge in [0.15, 0.2) is 0 Å². The Balaban J connectivity index is 2.43. The van der Waals surface area contributed by atoms with E-state index in [-0.39, 0.29) is 0 Å². The Morgan fingerprint density at radius 2 is 2.00 bits per heavy atom. The average Bonchev–Trinajstić information content (AvgIpc) is 2.03. The molecular formula is C7H7N2O+. The summed E-state index contributed by atoms with van der Waals surface area (Å²) in [7, 11) is 0. The van der Waals surface area contributed by atoms with E-state index in [0.29, 0.717) is 6.61 Å². The molecule has 0 spiro atoms. The Hall–Kier alpha value is -0.900. The monoisotopic (exact) mass is 135 g/mol. The van der Waals surface area contributed by atoms with Gasteiger partial charge in [0.2, 0.25) is 0 Å². The number of hydrogen-bond acceptors (Lipinski definition) is 1. The predicted octanol–water partition coefficient (Wildman–Crippen LogP) is 0.706. The minimum absolute atomic E-state index is 0.317. The molecule has 0 heterocycles. The van der Waals surface area contributed by atoms with Crippen molar-refractivity contribution in [1.29, 1.82) is 0 Å². The van der Waals surface area contributed by atoms with E-state index in [4.69, 9.17) is 5.84 Å². The average molecular weight is 135 g/mol. The molecule has 0 saturated carbocycles. The standard InChI is InChI=1S/C7H7N2O/c8-9-10-6-7-4-2-1-3-5-7/h1-5H,6H2/q+1. The summed E-state index contributed by atoms with van der Waals surface area (Å²) in [6.07, 6.45) is 0. The molecule has 0 aromatic heterocycles. The molecule has 50 valence electrons. The molecule has 0 aliphatic rings. The Bertz CT molecular complexity index is 176. The third kappa shape index (κ3) is 2.14. The molecule has 0 atom stereocenters. The highest BCUT2D eigenvalue weighted by molar-refractivity contribution is 5.13. The summed E-state index contributed by atoms with van der Waals surface area (Å²) in [5.74, 6) is 7.93. The Kier molecular flexibility index (Phi) is 2.89. The van der Waals surface area contributed by atoms with Crippen molar-refractivity contribution in [2.24, 2.45) is 0 Å². The molecule has 3 nitrogen and oxygen atoms in total. The lowest BCUT2D eigenvalue weighted by Gasteiger charge is -1.89. The van der Waals surface area contributed by atoms with Crippen LogP contribution < -0.4 is 11.4 Å². The Labute approximate surface area is 59.7 Å². The third-order valence-electron chi connectivity index (χ3n) is 1.13. The summed E-state index contributed by atoms with van der Waals surface area (Å²) in [5.41, 5.74) is 3.52. The van der Waals surface area contributed by atoms with E-state index in [1.165, 1.54) is 0 Å². The fourth-order valence-electron chi connectivity index (χ4n) is 0.678. The first kappa shape index (κ1) is 7.21. The quantitative estimate of drug-likeness (QED) is 0.563. The van der Waals surface area contributed by atoms with Crippen molar-refractivity contribution in [2.45, 2.75) is 6.61 Å². The molecule has 3 heteroatoms. The zero-order chi connectivity index (χ0) is 7.23. The summed E-state index contributed by atoms with van der Waals surface area (Å²) in [6.45, 7) is 0.317. The lowest BCUT2D eigenvalue weighted by molar-refractivity contribution is 0.0139. The van der Waals surface area contributed by atoms with Crippen molar-refractivity contribution in [3.63, 3.8) is 0 Å². The fourth-order valence-corrected chi connectivity index (χ4v) is 0.678. The van der Waals surface area contributed by atoms with E-state index >= 15 is 0 Å². The maximum atomic E-state index is 7.93. The largest absolute Gasteiger partial charge is 0.449 e. The van der Waals surface area contributed by atoms with E-state index in [2.05, 4.69) is 10.4 Å². The van der Waals surface area contributed by atoms with Crippen LogP contribution in [0.2, 0.25) is 0 Å². The van der Waals surface area contributed by atoms with Gasteiger partial charge in [0.05, 0.1) is 0 Å². The van der Waals surface area contributed by atoms with Gasteiger partial charge in [-0.15, -0.1) is 0 Å². The Morgan fingerprint density at radius 1 is 1.30 bits per heavy atom. The van der Waals surface area contributed by atoms with Gasteiger partial charge in [-0.1, -0.05) is 35.2 Å². The smallest absolute Gasteiger partial charge is 0.0622 e. The zero-order valence-corrected chi connectivity index (χ0v) is 5.40. The van der Waals surface area contributed by atoms with Crippen molar-refractivity contribution >= 4 is 0 Å². The molecule has 0 bridgehead atoms. The third-order valence-corrected chi connectivity index (χ3v) is 1.13. The number of benzene rings is 1. The molecule has 10 heavy (non-hydrogen) atoms. The summed E-state index contributed by atoms with van der Waals surface area (Å²) >= 11 is 0. The fraction of sp³-hybridized carbons (Fsp3) is 0.143. The van der Waals surface area contributed by atoms with E-state index in [1.807, 2.05) is 30.3 Å². The van der Waals surface area contributed by atoms with Crippen LogP contribution in [0.5, 0.6) is 0 Å². The summed E-state index contributed by atoms with van der Waals surface area (Å²) in [6, 6.07) is 9.50. The molecule has 0 fully saturated rings. The summed E-state index contributed by atoms with van der Waals surface area (Å²) < 4.78 is 0. The van der Waals surface area contributed by atoms with Gasteiger partial charge in [0.1, 0.15) is 6.61 Å². The molecule has 0 aliphatic carbocycles. The van der Waals surface area contributed by atoms with Crippen molar-refractivity contribution in [1.82, 2.24) is 11.4 Å². The lowest BCUT2D eigenvalue weighted by Crippen LogP contribution is -2.01. The van der Waals surface area contributed by atoms with Gasteiger partial charge in [0, 0.05) is 0 Å². The minimum Gasteiger partial charge on any atom is -0.0622 e. The van der Waals surface area contributed by atoms with Crippen LogP contribution >= 0.6 is 0 Å². The van der Waals surface area contributed by atoms with Crippen LogP contribution in [0.4, 0.5) is 0 Å². The van der Waals surface area contributed by atoms with Gasteiger partial charge in [-0.25, -0.2) is 0 Å². The normalized spacial score (nSPS) is 9.70. The van der Waals surface area contributed by atoms with Crippen LogP contribution in [-0.2, 0) is 11.4 Å². The first-order valence-electron chi connectivity index (χ1n) is 2.94. The zero-order valence-electron chi connectivity index (χ0n) is 5.40. The van der Waals surface area contributed by atoms with Crippen LogP contribution in [0, 0.1) is 0 Å². The maximum absolute atomic E-state index is 7.93. The van der Waals surface area contributed by atoms with E-state index in [0.717, 1.165) is 5.56 Å². The molecular weight excluding hydrogens is 128 g/mol. The Morgan fingerprint density at radius 3 is 2.60 bits per heavy atom. The molecule has 0 N–H and O–H groups in total. The topological polar surface area (TPSA) is 45.6 Å². The van der Waals surface area contributed by atoms with Gasteiger partial charge < -0.3 is 0 Å². The minimum atomic E-state index is 0.317. The molecule has 4 radical (unpaired) electrons. The first-order chi connectivity index (χ1) is 4.93. The molecule has 0 aliphatic heterocycles. The van der Waals surface area contributed by atoms with Gasteiger partial charge in [-0.3, -0.25) is 0 Å². The molecule has 0 unspecified atom stereocenters. The van der Waals surface area contributed by atoms with Gasteiger partial charge >= 0.3 is 11.4 Å². The van der Waals surface area contributed by atoms with Crippen LogP contribution in [-0.4, -0.2) is 0 Å². The second-order valence-electron chi connectivity index (χ2n) is 1.84. The van der Waals surface area contributed by atoms with Crippen LogP contribution in [0.25, 0.3) is 0 Å². The summed E-state index contributed by atoms with van der Waals surface area (Å²) in [5, 5.41) is 0. The molecule has 1 aromatic carbocycles. The van der Waals surface area contributed by atoms with Crippen molar-refractivity contribution < 1.29 is 4.84 Å². The highest BCUT2D eigenvalue weighted by Crippen LogP contribution is 1.98. The molecule has 1 rings (SSSR count). The van der Waals surface area contributed by atoms with Crippen molar-refractivity contribution in [3.8, 4) is 0 Å². The molecule has 0 saturated heterocycles. The number of nitrogens with zero attached hydrogens (tertiary/aromatic N) is 2. The van der Waals surface area contributed by atoms with Gasteiger partial charge in [0.25, 0.3) is 0 Å². The highest BCUT2D eigenvalue weighted by atomic mass is 16.7. The van der Waals surface area contributed by atoms with E-state index in [9.17, 15) is 0 Å². The number of hydrogen-bond donors (Lipinski definition) is 0. The van der Waals surface area contributed by atoms with Gasteiger partial charge in [-0.05, 0) is 5.56 Å². The first-order valence-corrected chi connectivity index (χ1v) is 2.94. The van der Waals surface area contributed by atoms with E-state index < -0.39 is 0 Å². The van der Waals surface area contributed by atoms with Crippen molar-refractivity contribution in [3.05, 3.63) is 35.9 Å².